The van der Waals surface area contributed by atoms with Gasteiger partial charge in [-0.25, -0.2) is 4.79 Å². The molecule has 29 heavy (non-hydrogen) atoms. The number of anilines is 1. The lowest BCUT2D eigenvalue weighted by molar-refractivity contribution is 0.102. The van der Waals surface area contributed by atoms with Gasteiger partial charge < -0.3 is 9.73 Å². The Balaban J connectivity index is 1.62. The van der Waals surface area contributed by atoms with Crippen LogP contribution in [0.15, 0.2) is 88.1 Å². The molecule has 0 saturated heterocycles. The Labute approximate surface area is 168 Å². The first kappa shape index (κ1) is 18.7. The van der Waals surface area contributed by atoms with Gasteiger partial charge >= 0.3 is 5.63 Å². The molecule has 0 unspecified atom stereocenters. The molecule has 4 aromatic rings. The standard InChI is InChI=1S/C25H21NO3/c1-16(2)17-10-12-21(13-11-17)26-24(27)20-8-5-7-18(14-20)22-15-19-6-3-4-9-23(19)29-25(22)28/h3-16H,1-2H3,(H,26,27). The molecule has 0 fully saturated rings. The molecule has 4 rings (SSSR count). The van der Waals surface area contributed by atoms with E-state index in [4.69, 9.17) is 4.42 Å². The zero-order chi connectivity index (χ0) is 20.4. The second-order valence-corrected chi connectivity index (χ2v) is 7.30. The summed E-state index contributed by atoms with van der Waals surface area (Å²) in [4.78, 5) is 25.1. The zero-order valence-corrected chi connectivity index (χ0v) is 16.3. The van der Waals surface area contributed by atoms with Crippen molar-refractivity contribution in [2.45, 2.75) is 19.8 Å². The van der Waals surface area contributed by atoms with Crippen molar-refractivity contribution in [1.29, 1.82) is 0 Å². The van der Waals surface area contributed by atoms with Crippen LogP contribution in [0.25, 0.3) is 22.1 Å². The minimum Gasteiger partial charge on any atom is -0.422 e. The van der Waals surface area contributed by atoms with E-state index >= 15 is 0 Å². The Bertz CT molecular complexity index is 1240. The van der Waals surface area contributed by atoms with Crippen molar-refractivity contribution in [1.82, 2.24) is 0 Å². The van der Waals surface area contributed by atoms with Crippen LogP contribution in [0.1, 0.15) is 35.7 Å². The van der Waals surface area contributed by atoms with E-state index in [1.165, 1.54) is 5.56 Å². The van der Waals surface area contributed by atoms with Gasteiger partial charge in [0.25, 0.3) is 5.91 Å². The van der Waals surface area contributed by atoms with E-state index in [1.807, 2.05) is 42.5 Å². The van der Waals surface area contributed by atoms with Crippen LogP contribution in [-0.2, 0) is 0 Å². The Morgan fingerprint density at radius 3 is 2.41 bits per heavy atom. The summed E-state index contributed by atoms with van der Waals surface area (Å²) in [6.07, 6.45) is 0. The highest BCUT2D eigenvalue weighted by molar-refractivity contribution is 6.05. The van der Waals surface area contributed by atoms with Gasteiger partial charge in [-0.2, -0.15) is 0 Å². The Kier molecular flexibility index (Phi) is 5.00. The first-order valence-corrected chi connectivity index (χ1v) is 9.56. The van der Waals surface area contributed by atoms with Crippen LogP contribution in [0.3, 0.4) is 0 Å². The molecule has 0 bridgehead atoms. The number of fused-ring (bicyclic) bond motifs is 1. The predicted octanol–water partition coefficient (Wildman–Crippen LogP) is 5.84. The molecule has 0 spiro atoms. The molecule has 1 heterocycles. The third kappa shape index (κ3) is 3.97. The minimum absolute atomic E-state index is 0.227. The number of para-hydroxylation sites is 1. The number of carbonyl (C=O) groups excluding carboxylic acids is 1. The third-order valence-electron chi connectivity index (χ3n) is 4.91. The first-order valence-electron chi connectivity index (χ1n) is 9.56. The van der Waals surface area contributed by atoms with Crippen LogP contribution in [0.4, 0.5) is 5.69 Å². The molecule has 3 aromatic carbocycles. The lowest BCUT2D eigenvalue weighted by atomic mass is 10.0. The van der Waals surface area contributed by atoms with Gasteiger partial charge in [0, 0.05) is 16.6 Å². The minimum atomic E-state index is -0.425. The largest absolute Gasteiger partial charge is 0.422 e. The van der Waals surface area contributed by atoms with E-state index in [2.05, 4.69) is 19.2 Å². The molecule has 0 atom stereocenters. The monoisotopic (exact) mass is 383 g/mol. The summed E-state index contributed by atoms with van der Waals surface area (Å²) in [6.45, 7) is 4.25. The lowest BCUT2D eigenvalue weighted by Crippen LogP contribution is -2.12. The van der Waals surface area contributed by atoms with E-state index in [-0.39, 0.29) is 5.91 Å². The summed E-state index contributed by atoms with van der Waals surface area (Å²) in [6, 6.07) is 24.0. The summed E-state index contributed by atoms with van der Waals surface area (Å²) >= 11 is 0. The van der Waals surface area contributed by atoms with Crippen molar-refractivity contribution in [3.05, 3.63) is 100 Å². The number of benzene rings is 3. The Morgan fingerprint density at radius 2 is 1.66 bits per heavy atom. The van der Waals surface area contributed by atoms with E-state index < -0.39 is 5.63 Å². The molecule has 0 aliphatic heterocycles. The van der Waals surface area contributed by atoms with Gasteiger partial charge in [-0.15, -0.1) is 0 Å². The normalized spacial score (nSPS) is 11.0. The topological polar surface area (TPSA) is 59.3 Å². The molecule has 0 aliphatic carbocycles. The van der Waals surface area contributed by atoms with Crippen molar-refractivity contribution in [3.63, 3.8) is 0 Å². The molecule has 1 aromatic heterocycles. The Hall–Kier alpha value is -3.66. The smallest absolute Gasteiger partial charge is 0.344 e. The maximum Gasteiger partial charge on any atom is 0.344 e. The molecular formula is C25H21NO3. The van der Waals surface area contributed by atoms with E-state index in [1.54, 1.807) is 36.4 Å². The Morgan fingerprint density at radius 1 is 0.897 bits per heavy atom. The zero-order valence-electron chi connectivity index (χ0n) is 16.3. The number of hydrogen-bond acceptors (Lipinski definition) is 3. The number of rotatable bonds is 4. The van der Waals surface area contributed by atoms with E-state index in [0.717, 1.165) is 11.1 Å². The highest BCUT2D eigenvalue weighted by Crippen LogP contribution is 2.23. The second-order valence-electron chi connectivity index (χ2n) is 7.30. The van der Waals surface area contributed by atoms with Crippen molar-refractivity contribution < 1.29 is 9.21 Å². The molecule has 4 nitrogen and oxygen atoms in total. The van der Waals surface area contributed by atoms with Gasteiger partial charge in [-0.3, -0.25) is 4.79 Å². The molecule has 0 aliphatic rings. The fourth-order valence-electron chi connectivity index (χ4n) is 3.25. The molecule has 0 radical (unpaired) electrons. The van der Waals surface area contributed by atoms with Crippen molar-refractivity contribution in [2.75, 3.05) is 5.32 Å². The van der Waals surface area contributed by atoms with Gasteiger partial charge in [0.1, 0.15) is 5.58 Å². The molecular weight excluding hydrogens is 362 g/mol. The average Bonchev–Trinajstić information content (AvgIpc) is 2.73. The summed E-state index contributed by atoms with van der Waals surface area (Å²) < 4.78 is 5.42. The van der Waals surface area contributed by atoms with Gasteiger partial charge in [-0.1, -0.05) is 56.3 Å². The number of nitrogens with one attached hydrogen (secondary N) is 1. The maximum absolute atomic E-state index is 12.7. The molecule has 1 amide bonds. The second kappa shape index (κ2) is 7.76. The van der Waals surface area contributed by atoms with Crippen LogP contribution >= 0.6 is 0 Å². The van der Waals surface area contributed by atoms with Gasteiger partial charge in [0.15, 0.2) is 0 Å². The fraction of sp³-hybridized carbons (Fsp3) is 0.120. The highest BCUT2D eigenvalue weighted by atomic mass is 16.4. The maximum atomic E-state index is 12.7. The van der Waals surface area contributed by atoms with Gasteiger partial charge in [0.2, 0.25) is 0 Å². The SMILES string of the molecule is CC(C)c1ccc(NC(=O)c2cccc(-c3cc4ccccc4oc3=O)c2)cc1. The quantitative estimate of drug-likeness (QED) is 0.451. The summed E-state index contributed by atoms with van der Waals surface area (Å²) in [5.41, 5.74) is 3.61. The third-order valence-corrected chi connectivity index (χ3v) is 4.91. The van der Waals surface area contributed by atoms with Crippen LogP contribution in [0.5, 0.6) is 0 Å². The number of hydrogen-bond donors (Lipinski definition) is 1. The van der Waals surface area contributed by atoms with Crippen molar-refractivity contribution in [3.8, 4) is 11.1 Å². The van der Waals surface area contributed by atoms with Crippen LogP contribution in [0, 0.1) is 0 Å². The summed E-state index contributed by atoms with van der Waals surface area (Å²) in [5.74, 6) is 0.208. The average molecular weight is 383 g/mol. The molecule has 4 heteroatoms. The van der Waals surface area contributed by atoms with E-state index in [9.17, 15) is 9.59 Å². The molecule has 1 N–H and O–H groups in total. The molecule has 0 saturated carbocycles. The van der Waals surface area contributed by atoms with Crippen LogP contribution in [0.2, 0.25) is 0 Å². The predicted molar refractivity (Wildman–Crippen MR) is 116 cm³/mol. The van der Waals surface area contributed by atoms with Crippen LogP contribution in [-0.4, -0.2) is 5.91 Å². The van der Waals surface area contributed by atoms with E-state index in [0.29, 0.717) is 28.2 Å². The summed E-state index contributed by atoms with van der Waals surface area (Å²) in [5, 5.41) is 3.74. The van der Waals surface area contributed by atoms with Gasteiger partial charge in [0.05, 0.1) is 5.56 Å². The highest BCUT2D eigenvalue weighted by Gasteiger charge is 2.12. The molecule has 144 valence electrons. The number of amides is 1. The van der Waals surface area contributed by atoms with Crippen molar-refractivity contribution in [2.24, 2.45) is 0 Å². The van der Waals surface area contributed by atoms with Gasteiger partial charge in [-0.05, 0) is 53.4 Å². The summed E-state index contributed by atoms with van der Waals surface area (Å²) in [7, 11) is 0. The number of carbonyl (C=O) groups is 1. The lowest BCUT2D eigenvalue weighted by Gasteiger charge is -2.09. The first-order chi connectivity index (χ1) is 14.0. The van der Waals surface area contributed by atoms with Crippen molar-refractivity contribution >= 4 is 22.6 Å². The van der Waals surface area contributed by atoms with Crippen LogP contribution < -0.4 is 10.9 Å². The fourth-order valence-corrected chi connectivity index (χ4v) is 3.25.